The van der Waals surface area contributed by atoms with E-state index in [9.17, 15) is 8.78 Å². The second-order valence-electron chi connectivity index (χ2n) is 4.03. The quantitative estimate of drug-likeness (QED) is 0.753. The van der Waals surface area contributed by atoms with Crippen LogP contribution in [0.4, 0.5) is 8.78 Å². The first-order valence-electron chi connectivity index (χ1n) is 5.93. The Morgan fingerprint density at radius 3 is 2.94 bits per heavy atom. The Labute approximate surface area is 105 Å². The first-order valence-corrected chi connectivity index (χ1v) is 5.93. The lowest BCUT2D eigenvalue weighted by Gasteiger charge is -2.21. The maximum atomic E-state index is 13.2. The van der Waals surface area contributed by atoms with Gasteiger partial charge in [0, 0.05) is 12.7 Å². The average Bonchev–Trinajstić information content (AvgIpc) is 2.38. The molecule has 0 radical (unpaired) electrons. The van der Waals surface area contributed by atoms with Crippen molar-refractivity contribution in [3.8, 4) is 11.8 Å². The van der Waals surface area contributed by atoms with Crippen LogP contribution < -0.4 is 0 Å². The summed E-state index contributed by atoms with van der Waals surface area (Å²) in [5.74, 6) is 4.04. The van der Waals surface area contributed by atoms with Crippen molar-refractivity contribution in [1.29, 1.82) is 0 Å². The molecule has 1 saturated heterocycles. The summed E-state index contributed by atoms with van der Waals surface area (Å²) in [6.07, 6.45) is 2.81. The first kappa shape index (κ1) is 13.0. The van der Waals surface area contributed by atoms with E-state index in [1.54, 1.807) is 0 Å². The number of hydrogen-bond donors (Lipinski definition) is 0. The van der Waals surface area contributed by atoms with Crippen molar-refractivity contribution in [3.05, 3.63) is 35.4 Å². The third-order valence-electron chi connectivity index (χ3n) is 2.63. The van der Waals surface area contributed by atoms with Crippen molar-refractivity contribution in [2.75, 3.05) is 13.2 Å². The Kier molecular flexibility index (Phi) is 4.68. The average molecular weight is 252 g/mol. The number of rotatable bonds is 2. The van der Waals surface area contributed by atoms with Gasteiger partial charge in [0.2, 0.25) is 0 Å². The maximum Gasteiger partial charge on any atom is 0.158 e. The van der Waals surface area contributed by atoms with Crippen LogP contribution in [0.5, 0.6) is 0 Å². The zero-order chi connectivity index (χ0) is 12.8. The fourth-order valence-electron chi connectivity index (χ4n) is 1.70. The van der Waals surface area contributed by atoms with E-state index in [1.165, 1.54) is 12.1 Å². The van der Waals surface area contributed by atoms with E-state index in [-0.39, 0.29) is 18.5 Å². The second kappa shape index (κ2) is 6.48. The summed E-state index contributed by atoms with van der Waals surface area (Å²) in [5, 5.41) is 0. The predicted molar refractivity (Wildman–Crippen MR) is 62.8 cm³/mol. The molecule has 2 nitrogen and oxygen atoms in total. The molecule has 1 atom stereocenters. The molecule has 0 aromatic heterocycles. The van der Waals surface area contributed by atoms with Crippen molar-refractivity contribution in [3.63, 3.8) is 0 Å². The van der Waals surface area contributed by atoms with E-state index in [0.29, 0.717) is 6.61 Å². The molecule has 0 unspecified atom stereocenters. The van der Waals surface area contributed by atoms with Gasteiger partial charge >= 0.3 is 0 Å². The molecule has 1 aliphatic heterocycles. The third-order valence-corrected chi connectivity index (χ3v) is 2.63. The minimum absolute atomic E-state index is 0.171. The number of hydrogen-bond acceptors (Lipinski definition) is 2. The normalized spacial score (nSPS) is 19.1. The lowest BCUT2D eigenvalue weighted by Crippen LogP contribution is -2.22. The summed E-state index contributed by atoms with van der Waals surface area (Å²) in [6, 6.07) is 3.31. The van der Waals surface area contributed by atoms with E-state index >= 15 is 0 Å². The highest BCUT2D eigenvalue weighted by Gasteiger charge is 2.12. The number of benzene rings is 1. The Bertz CT molecular complexity index is 457. The number of halogens is 2. The van der Waals surface area contributed by atoms with Gasteiger partial charge in [-0.15, -0.1) is 0 Å². The second-order valence-corrected chi connectivity index (χ2v) is 4.03. The van der Waals surface area contributed by atoms with Crippen LogP contribution in [0.3, 0.4) is 0 Å². The van der Waals surface area contributed by atoms with Crippen LogP contribution in [0.2, 0.25) is 0 Å². The van der Waals surface area contributed by atoms with Crippen molar-refractivity contribution < 1.29 is 18.3 Å². The standard InChI is InChI=1S/C14H14F2O2/c15-12-7-6-11(13(16)10-12)4-3-9-18-14-5-1-2-8-17-14/h6-7,10,14H,1-2,5,8-9H2/t14-/m1/s1. The van der Waals surface area contributed by atoms with Gasteiger partial charge in [-0.1, -0.05) is 11.8 Å². The van der Waals surface area contributed by atoms with Crippen LogP contribution in [0.25, 0.3) is 0 Å². The van der Waals surface area contributed by atoms with Gasteiger partial charge in [-0.2, -0.15) is 0 Å². The summed E-state index contributed by atoms with van der Waals surface area (Å²) in [5.41, 5.74) is 0.171. The molecule has 0 spiro atoms. The largest absolute Gasteiger partial charge is 0.353 e. The fraction of sp³-hybridized carbons (Fsp3) is 0.429. The molecule has 1 aromatic carbocycles. The van der Waals surface area contributed by atoms with Gasteiger partial charge in [0.1, 0.15) is 18.2 Å². The molecule has 96 valence electrons. The predicted octanol–water partition coefficient (Wildman–Crippen LogP) is 2.86. The lowest BCUT2D eigenvalue weighted by molar-refractivity contribution is -0.154. The van der Waals surface area contributed by atoms with Crippen LogP contribution in [0, 0.1) is 23.5 Å². The minimum Gasteiger partial charge on any atom is -0.353 e. The summed E-state index contributed by atoms with van der Waals surface area (Å²) in [7, 11) is 0. The summed E-state index contributed by atoms with van der Waals surface area (Å²) >= 11 is 0. The first-order chi connectivity index (χ1) is 8.75. The van der Waals surface area contributed by atoms with Crippen LogP contribution >= 0.6 is 0 Å². The van der Waals surface area contributed by atoms with Crippen LogP contribution in [0.15, 0.2) is 18.2 Å². The summed E-state index contributed by atoms with van der Waals surface area (Å²) in [6.45, 7) is 0.895. The van der Waals surface area contributed by atoms with Crippen LogP contribution in [-0.4, -0.2) is 19.5 Å². The highest BCUT2D eigenvalue weighted by atomic mass is 19.1. The van der Waals surface area contributed by atoms with E-state index < -0.39 is 11.6 Å². The molecule has 0 saturated carbocycles. The molecule has 0 N–H and O–H groups in total. The van der Waals surface area contributed by atoms with Gasteiger partial charge in [0.15, 0.2) is 6.29 Å². The van der Waals surface area contributed by atoms with Crippen molar-refractivity contribution in [1.82, 2.24) is 0 Å². The van der Waals surface area contributed by atoms with Gasteiger partial charge in [-0.25, -0.2) is 8.78 Å². The number of ether oxygens (including phenoxy) is 2. The van der Waals surface area contributed by atoms with Crippen molar-refractivity contribution in [2.45, 2.75) is 25.6 Å². The van der Waals surface area contributed by atoms with E-state index in [1.807, 2.05) is 0 Å². The van der Waals surface area contributed by atoms with Crippen molar-refractivity contribution in [2.24, 2.45) is 0 Å². The Morgan fingerprint density at radius 1 is 1.33 bits per heavy atom. The molecule has 2 rings (SSSR count). The Hall–Kier alpha value is -1.44. The fourth-order valence-corrected chi connectivity index (χ4v) is 1.70. The van der Waals surface area contributed by atoms with E-state index in [2.05, 4.69) is 11.8 Å². The van der Waals surface area contributed by atoms with E-state index in [0.717, 1.165) is 25.3 Å². The Balaban J connectivity index is 1.84. The molecule has 4 heteroatoms. The SMILES string of the molecule is Fc1ccc(C#CCO[C@@H]2CCCCO2)c(F)c1. The van der Waals surface area contributed by atoms with Gasteiger partial charge < -0.3 is 9.47 Å². The highest BCUT2D eigenvalue weighted by molar-refractivity contribution is 5.35. The monoisotopic (exact) mass is 252 g/mol. The zero-order valence-corrected chi connectivity index (χ0v) is 9.92. The molecule has 0 amide bonds. The van der Waals surface area contributed by atoms with Gasteiger partial charge in [0.05, 0.1) is 5.56 Å². The van der Waals surface area contributed by atoms with Crippen LogP contribution in [-0.2, 0) is 9.47 Å². The van der Waals surface area contributed by atoms with Gasteiger partial charge in [-0.3, -0.25) is 0 Å². The molecular formula is C14H14F2O2. The summed E-state index contributed by atoms with van der Waals surface area (Å²) < 4.78 is 36.6. The molecule has 1 fully saturated rings. The van der Waals surface area contributed by atoms with Crippen molar-refractivity contribution >= 4 is 0 Å². The maximum absolute atomic E-state index is 13.2. The molecule has 1 heterocycles. The molecule has 0 bridgehead atoms. The smallest absolute Gasteiger partial charge is 0.158 e. The van der Waals surface area contributed by atoms with Gasteiger partial charge in [0.25, 0.3) is 0 Å². The summed E-state index contributed by atoms with van der Waals surface area (Å²) in [4.78, 5) is 0. The highest BCUT2D eigenvalue weighted by Crippen LogP contribution is 2.13. The Morgan fingerprint density at radius 2 is 2.22 bits per heavy atom. The topological polar surface area (TPSA) is 18.5 Å². The molecule has 1 aliphatic rings. The van der Waals surface area contributed by atoms with Crippen LogP contribution in [0.1, 0.15) is 24.8 Å². The third kappa shape index (κ3) is 3.80. The lowest BCUT2D eigenvalue weighted by atomic mass is 10.2. The molecule has 1 aromatic rings. The van der Waals surface area contributed by atoms with Gasteiger partial charge in [-0.05, 0) is 31.4 Å². The molecule has 0 aliphatic carbocycles. The minimum atomic E-state index is -0.656. The molecule has 18 heavy (non-hydrogen) atoms. The van der Waals surface area contributed by atoms with E-state index in [4.69, 9.17) is 9.47 Å². The zero-order valence-electron chi connectivity index (χ0n) is 9.92. The molecular weight excluding hydrogens is 238 g/mol.